The van der Waals surface area contributed by atoms with Crippen LogP contribution in [0.3, 0.4) is 0 Å². The molecule has 4 rings (SSSR count). The van der Waals surface area contributed by atoms with Crippen LogP contribution >= 0.6 is 11.8 Å². The molecule has 1 aliphatic rings. The first-order chi connectivity index (χ1) is 15.1. The van der Waals surface area contributed by atoms with Gasteiger partial charge in [-0.15, -0.1) is 0 Å². The van der Waals surface area contributed by atoms with Crippen LogP contribution in [-0.2, 0) is 30.8 Å². The number of furan rings is 1. The Labute approximate surface area is 184 Å². The number of amides is 1. The van der Waals surface area contributed by atoms with Crippen LogP contribution in [0.1, 0.15) is 22.6 Å². The number of fused-ring (bicyclic) bond motifs is 1. The molecule has 2 N–H and O–H groups in total. The van der Waals surface area contributed by atoms with Crippen LogP contribution in [0.2, 0.25) is 0 Å². The Morgan fingerprint density at radius 3 is 3.00 bits per heavy atom. The first-order valence-corrected chi connectivity index (χ1v) is 11.0. The number of carbonyl (C=O) groups excluding carboxylic acids is 1. The lowest BCUT2D eigenvalue weighted by atomic mass is 10.1. The zero-order valence-corrected chi connectivity index (χ0v) is 18.0. The van der Waals surface area contributed by atoms with Crippen molar-refractivity contribution in [3.63, 3.8) is 0 Å². The molecule has 0 fully saturated rings. The van der Waals surface area contributed by atoms with Crippen molar-refractivity contribution >= 4 is 17.7 Å². The van der Waals surface area contributed by atoms with Gasteiger partial charge in [-0.25, -0.2) is 4.98 Å². The second-order valence-electron chi connectivity index (χ2n) is 7.21. The molecule has 0 saturated carbocycles. The third kappa shape index (κ3) is 5.36. The highest BCUT2D eigenvalue weighted by atomic mass is 32.2. The number of H-pyrrole nitrogens is 1. The van der Waals surface area contributed by atoms with Gasteiger partial charge < -0.3 is 19.5 Å². The van der Waals surface area contributed by atoms with Gasteiger partial charge in [0.2, 0.25) is 5.91 Å². The molecule has 0 unspecified atom stereocenters. The molecular formula is C22H24N4O4S. The summed E-state index contributed by atoms with van der Waals surface area (Å²) in [7, 11) is 1.66. The Hall–Kier alpha value is -3.04. The predicted octanol–water partition coefficient (Wildman–Crippen LogP) is 2.34. The fourth-order valence-electron chi connectivity index (χ4n) is 3.52. The summed E-state index contributed by atoms with van der Waals surface area (Å²) in [6.07, 6.45) is 2.25. The van der Waals surface area contributed by atoms with Crippen molar-refractivity contribution < 1.29 is 13.9 Å². The zero-order chi connectivity index (χ0) is 21.6. The van der Waals surface area contributed by atoms with E-state index in [2.05, 4.69) is 20.2 Å². The lowest BCUT2D eigenvalue weighted by molar-refractivity contribution is -0.118. The SMILES string of the molecule is COc1ccccc1CN1CCc2nc(SCC(=O)NCc3ccco3)[nH]c(=O)c2C1. The van der Waals surface area contributed by atoms with Crippen LogP contribution in [0.15, 0.2) is 57.0 Å². The highest BCUT2D eigenvalue weighted by Gasteiger charge is 2.22. The summed E-state index contributed by atoms with van der Waals surface area (Å²) >= 11 is 1.22. The van der Waals surface area contributed by atoms with Crippen LogP contribution < -0.4 is 15.6 Å². The van der Waals surface area contributed by atoms with Gasteiger partial charge in [-0.05, 0) is 18.2 Å². The zero-order valence-electron chi connectivity index (χ0n) is 17.2. The molecule has 0 atom stereocenters. The quantitative estimate of drug-likeness (QED) is 0.410. The van der Waals surface area contributed by atoms with Crippen molar-refractivity contribution in [2.24, 2.45) is 0 Å². The average molecular weight is 441 g/mol. The molecule has 2 aromatic heterocycles. The lowest BCUT2D eigenvalue weighted by Gasteiger charge is -2.28. The van der Waals surface area contributed by atoms with Gasteiger partial charge in [0.15, 0.2) is 5.16 Å². The number of para-hydroxylation sites is 1. The molecule has 9 heteroatoms. The fraction of sp³-hybridized carbons (Fsp3) is 0.318. The Bertz CT molecular complexity index is 1100. The van der Waals surface area contributed by atoms with Gasteiger partial charge in [0.1, 0.15) is 11.5 Å². The minimum atomic E-state index is -0.148. The molecule has 3 heterocycles. The number of thioether (sulfide) groups is 1. The second kappa shape index (κ2) is 9.84. The maximum absolute atomic E-state index is 12.7. The van der Waals surface area contributed by atoms with E-state index in [1.54, 1.807) is 25.5 Å². The Balaban J connectivity index is 1.35. The van der Waals surface area contributed by atoms with Gasteiger partial charge in [-0.3, -0.25) is 14.5 Å². The maximum atomic E-state index is 12.7. The number of hydrogen-bond acceptors (Lipinski definition) is 7. The van der Waals surface area contributed by atoms with E-state index < -0.39 is 0 Å². The Kier molecular flexibility index (Phi) is 6.73. The summed E-state index contributed by atoms with van der Waals surface area (Å²) in [5, 5.41) is 3.25. The smallest absolute Gasteiger partial charge is 0.256 e. The van der Waals surface area contributed by atoms with Crippen LogP contribution in [0.4, 0.5) is 0 Å². The van der Waals surface area contributed by atoms with Gasteiger partial charge in [0, 0.05) is 31.6 Å². The van der Waals surface area contributed by atoms with E-state index >= 15 is 0 Å². The molecule has 1 amide bonds. The molecule has 0 bridgehead atoms. The van der Waals surface area contributed by atoms with E-state index in [9.17, 15) is 9.59 Å². The molecule has 0 saturated heterocycles. The molecule has 31 heavy (non-hydrogen) atoms. The monoisotopic (exact) mass is 440 g/mol. The number of carbonyl (C=O) groups is 1. The molecule has 1 aromatic carbocycles. The van der Waals surface area contributed by atoms with E-state index in [0.717, 1.165) is 23.6 Å². The highest BCUT2D eigenvalue weighted by Crippen LogP contribution is 2.23. The maximum Gasteiger partial charge on any atom is 0.256 e. The first-order valence-electron chi connectivity index (χ1n) is 10.0. The van der Waals surface area contributed by atoms with E-state index in [0.29, 0.717) is 42.5 Å². The topological polar surface area (TPSA) is 100 Å². The number of benzene rings is 1. The van der Waals surface area contributed by atoms with Crippen molar-refractivity contribution in [2.45, 2.75) is 31.2 Å². The number of hydrogen-bond donors (Lipinski definition) is 2. The summed E-state index contributed by atoms with van der Waals surface area (Å²) in [5.41, 5.74) is 2.44. The number of ether oxygens (including phenoxy) is 1. The standard InChI is InChI=1S/C22H24N4O4S/c1-29-19-7-3-2-5-15(19)12-26-9-8-18-17(13-26)21(28)25-22(24-18)31-14-20(27)23-11-16-6-4-10-30-16/h2-7,10H,8-9,11-14H2,1H3,(H,23,27)(H,24,25,28). The average Bonchev–Trinajstić information content (AvgIpc) is 3.31. The lowest BCUT2D eigenvalue weighted by Crippen LogP contribution is -2.35. The number of aromatic amines is 1. The summed E-state index contributed by atoms with van der Waals surface area (Å²) in [6.45, 7) is 2.37. The number of methoxy groups -OCH3 is 1. The molecule has 0 aliphatic carbocycles. The minimum Gasteiger partial charge on any atom is -0.496 e. The van der Waals surface area contributed by atoms with E-state index in [1.807, 2.05) is 24.3 Å². The normalized spacial score (nSPS) is 13.6. The third-order valence-corrected chi connectivity index (χ3v) is 5.97. The van der Waals surface area contributed by atoms with Crippen LogP contribution in [0.5, 0.6) is 5.75 Å². The van der Waals surface area contributed by atoms with E-state index in [4.69, 9.17) is 9.15 Å². The van der Waals surface area contributed by atoms with E-state index in [1.165, 1.54) is 11.8 Å². The van der Waals surface area contributed by atoms with Crippen molar-refractivity contribution in [1.29, 1.82) is 0 Å². The van der Waals surface area contributed by atoms with Crippen LogP contribution in [-0.4, -0.2) is 40.2 Å². The largest absolute Gasteiger partial charge is 0.496 e. The fourth-order valence-corrected chi connectivity index (χ4v) is 4.23. The summed E-state index contributed by atoms with van der Waals surface area (Å²) in [4.78, 5) is 34.3. The highest BCUT2D eigenvalue weighted by molar-refractivity contribution is 7.99. The number of aromatic nitrogens is 2. The van der Waals surface area contributed by atoms with Crippen LogP contribution in [0.25, 0.3) is 0 Å². The summed E-state index contributed by atoms with van der Waals surface area (Å²) < 4.78 is 10.6. The van der Waals surface area contributed by atoms with Crippen molar-refractivity contribution in [3.8, 4) is 5.75 Å². The van der Waals surface area contributed by atoms with Crippen LogP contribution in [0, 0.1) is 0 Å². The number of nitrogens with one attached hydrogen (secondary N) is 2. The predicted molar refractivity (Wildman–Crippen MR) is 117 cm³/mol. The van der Waals surface area contributed by atoms with Crippen molar-refractivity contribution in [1.82, 2.24) is 20.2 Å². The Morgan fingerprint density at radius 2 is 2.19 bits per heavy atom. The molecule has 162 valence electrons. The number of rotatable bonds is 8. The summed E-state index contributed by atoms with van der Waals surface area (Å²) in [5.74, 6) is 1.56. The van der Waals surface area contributed by atoms with Gasteiger partial charge >= 0.3 is 0 Å². The summed E-state index contributed by atoms with van der Waals surface area (Å²) in [6, 6.07) is 11.5. The minimum absolute atomic E-state index is 0.145. The third-order valence-electron chi connectivity index (χ3n) is 5.09. The van der Waals surface area contributed by atoms with Gasteiger partial charge in [0.05, 0.1) is 36.9 Å². The van der Waals surface area contributed by atoms with Gasteiger partial charge in [0.25, 0.3) is 5.56 Å². The van der Waals surface area contributed by atoms with E-state index in [-0.39, 0.29) is 17.2 Å². The number of nitrogens with zero attached hydrogens (tertiary/aromatic N) is 2. The van der Waals surface area contributed by atoms with Gasteiger partial charge in [-0.1, -0.05) is 30.0 Å². The molecule has 3 aromatic rings. The first kappa shape index (κ1) is 21.2. The second-order valence-corrected chi connectivity index (χ2v) is 8.18. The van der Waals surface area contributed by atoms with Crippen molar-refractivity contribution in [2.75, 3.05) is 19.4 Å². The van der Waals surface area contributed by atoms with Gasteiger partial charge in [-0.2, -0.15) is 0 Å². The molecule has 8 nitrogen and oxygen atoms in total. The molecule has 0 radical (unpaired) electrons. The Morgan fingerprint density at radius 1 is 1.32 bits per heavy atom. The molecule has 1 aliphatic heterocycles. The molecule has 0 spiro atoms. The molecular weight excluding hydrogens is 416 g/mol. The van der Waals surface area contributed by atoms with Crippen molar-refractivity contribution in [3.05, 3.63) is 75.6 Å².